The lowest BCUT2D eigenvalue weighted by Gasteiger charge is -2.27. The minimum atomic E-state index is 1.06. The minimum absolute atomic E-state index is 1.06. The fraction of sp³-hybridized carbons (Fsp3) is 0.214. The Morgan fingerprint density at radius 2 is 0.688 bits per heavy atom. The molecule has 0 radical (unpaired) electrons. The van der Waals surface area contributed by atoms with Crippen molar-refractivity contribution in [3.63, 3.8) is 0 Å². The van der Waals surface area contributed by atoms with Crippen molar-refractivity contribution in [1.29, 1.82) is 0 Å². The Bertz CT molecular complexity index is 1250. The van der Waals surface area contributed by atoms with Gasteiger partial charge < -0.3 is 19.6 Å². The highest BCUT2D eigenvalue weighted by Gasteiger charge is 2.44. The number of hydrogen-bond acceptors (Lipinski definition) is 4. The molecule has 4 nitrogen and oxygen atoms in total. The third-order valence-corrected chi connectivity index (χ3v) is 7.60. The van der Waals surface area contributed by atoms with Crippen molar-refractivity contribution in [2.75, 3.05) is 45.8 Å². The Balaban J connectivity index is 1.40. The van der Waals surface area contributed by atoms with Crippen molar-refractivity contribution >= 4 is 44.3 Å². The van der Waals surface area contributed by atoms with Gasteiger partial charge in [-0.15, -0.1) is 0 Å². The lowest BCUT2D eigenvalue weighted by Crippen LogP contribution is -2.34. The average Bonchev–Trinajstić information content (AvgIpc) is 3.08. The minimum Gasteiger partial charge on any atom is -0.323 e. The molecule has 4 aliphatic heterocycles. The first-order chi connectivity index (χ1) is 15.9. The van der Waals surface area contributed by atoms with Gasteiger partial charge in [-0.1, -0.05) is 48.5 Å². The van der Waals surface area contributed by atoms with E-state index in [9.17, 15) is 0 Å². The topological polar surface area (TPSA) is 13.0 Å². The molecule has 0 saturated carbocycles. The summed E-state index contributed by atoms with van der Waals surface area (Å²) in [7, 11) is 0. The first-order valence-electron chi connectivity index (χ1n) is 11.8. The van der Waals surface area contributed by atoms with Crippen molar-refractivity contribution in [3.8, 4) is 0 Å². The van der Waals surface area contributed by atoms with Crippen LogP contribution in [0.2, 0.25) is 0 Å². The summed E-state index contributed by atoms with van der Waals surface area (Å²) in [6.45, 7) is 4.25. The van der Waals surface area contributed by atoms with Gasteiger partial charge in [0.1, 0.15) is 0 Å². The molecule has 0 spiro atoms. The molecule has 4 aromatic carbocycles. The van der Waals surface area contributed by atoms with Crippen molar-refractivity contribution in [2.45, 2.75) is 12.8 Å². The zero-order valence-corrected chi connectivity index (χ0v) is 18.0. The van der Waals surface area contributed by atoms with E-state index in [2.05, 4.69) is 92.4 Å². The van der Waals surface area contributed by atoms with Crippen LogP contribution in [0.25, 0.3) is 21.5 Å². The van der Waals surface area contributed by atoms with Gasteiger partial charge in [0.15, 0.2) is 11.6 Å². The van der Waals surface area contributed by atoms with Crippen LogP contribution in [-0.2, 0) is 0 Å². The monoisotopic (exact) mass is 416 g/mol. The molecule has 4 heterocycles. The summed E-state index contributed by atoms with van der Waals surface area (Å²) in [6.07, 6.45) is 2.29. The predicted octanol–water partition coefficient (Wildman–Crippen LogP) is 5.88. The second-order valence-electron chi connectivity index (χ2n) is 9.34. The Morgan fingerprint density at radius 3 is 0.969 bits per heavy atom. The number of benzene rings is 4. The first-order valence-corrected chi connectivity index (χ1v) is 11.8. The zero-order valence-electron chi connectivity index (χ0n) is 18.0. The molecular weight excluding hydrogens is 392 g/mol. The molecule has 0 aromatic heterocycles. The summed E-state index contributed by atoms with van der Waals surface area (Å²) < 4.78 is 0. The van der Waals surface area contributed by atoms with Gasteiger partial charge in [-0.3, -0.25) is 0 Å². The molecule has 0 amide bonds. The summed E-state index contributed by atoms with van der Waals surface area (Å²) in [6, 6.07) is 27.2. The Hall–Kier alpha value is -3.66. The van der Waals surface area contributed by atoms with Gasteiger partial charge in [0.25, 0.3) is 0 Å². The second-order valence-corrected chi connectivity index (χ2v) is 9.34. The second kappa shape index (κ2) is 5.98. The summed E-state index contributed by atoms with van der Waals surface area (Å²) in [4.78, 5) is 10.4. The zero-order chi connectivity index (χ0) is 20.8. The summed E-state index contributed by atoms with van der Waals surface area (Å²) >= 11 is 0. The van der Waals surface area contributed by atoms with E-state index in [-0.39, 0.29) is 0 Å². The molecule has 0 aliphatic carbocycles. The van der Waals surface area contributed by atoms with E-state index in [1.807, 2.05) is 0 Å². The van der Waals surface area contributed by atoms with E-state index in [0.29, 0.717) is 0 Å². The Morgan fingerprint density at radius 1 is 0.406 bits per heavy atom. The van der Waals surface area contributed by atoms with Crippen molar-refractivity contribution in [1.82, 2.24) is 0 Å². The largest absolute Gasteiger partial charge is 0.323 e. The first kappa shape index (κ1) is 17.0. The average molecular weight is 417 g/mol. The summed E-state index contributed by atoms with van der Waals surface area (Å²) in [5, 5.41) is 5.31. The smallest absolute Gasteiger partial charge is 0.156 e. The quantitative estimate of drug-likeness (QED) is 0.355. The number of hydrogen-bond donors (Lipinski definition) is 0. The third kappa shape index (κ3) is 2.07. The molecular formula is C28H24N4. The SMILES string of the molecule is c1ccc2cc3c(cc2c1)N1CCCN2C4=C1N3CCCN4c1cc3ccccc3cc12. The van der Waals surface area contributed by atoms with Crippen LogP contribution in [0, 0.1) is 0 Å². The van der Waals surface area contributed by atoms with Gasteiger partial charge in [0.2, 0.25) is 0 Å². The van der Waals surface area contributed by atoms with Crippen molar-refractivity contribution < 1.29 is 0 Å². The van der Waals surface area contributed by atoms with E-state index in [1.54, 1.807) is 0 Å². The fourth-order valence-electron chi connectivity index (χ4n) is 6.21. The molecule has 0 bridgehead atoms. The van der Waals surface area contributed by atoms with Crippen LogP contribution in [-0.4, -0.2) is 26.2 Å². The maximum atomic E-state index is 2.60. The molecule has 0 unspecified atom stereocenters. The number of anilines is 4. The van der Waals surface area contributed by atoms with Gasteiger partial charge in [0, 0.05) is 26.2 Å². The molecule has 32 heavy (non-hydrogen) atoms. The van der Waals surface area contributed by atoms with Crippen molar-refractivity contribution in [2.24, 2.45) is 0 Å². The van der Waals surface area contributed by atoms with Gasteiger partial charge in [-0.05, 0) is 58.7 Å². The highest BCUT2D eigenvalue weighted by Crippen LogP contribution is 2.52. The molecule has 4 aromatic rings. The maximum absolute atomic E-state index is 2.60. The highest BCUT2D eigenvalue weighted by atomic mass is 15.5. The Kier molecular flexibility index (Phi) is 3.17. The van der Waals surface area contributed by atoms with Gasteiger partial charge in [-0.25, -0.2) is 0 Å². The molecule has 0 saturated heterocycles. The molecule has 156 valence electrons. The lowest BCUT2D eigenvalue weighted by atomic mass is 10.1. The van der Waals surface area contributed by atoms with E-state index in [0.717, 1.165) is 39.0 Å². The van der Waals surface area contributed by atoms with E-state index in [1.165, 1.54) is 55.9 Å². The van der Waals surface area contributed by atoms with Gasteiger partial charge >= 0.3 is 0 Å². The molecule has 0 N–H and O–H groups in total. The molecule has 8 rings (SSSR count). The molecule has 4 aliphatic rings. The number of rotatable bonds is 0. The van der Waals surface area contributed by atoms with Crippen LogP contribution in [0.5, 0.6) is 0 Å². The van der Waals surface area contributed by atoms with Crippen LogP contribution < -0.4 is 19.6 Å². The predicted molar refractivity (Wildman–Crippen MR) is 134 cm³/mol. The summed E-state index contributed by atoms with van der Waals surface area (Å²) in [5.74, 6) is 2.76. The van der Waals surface area contributed by atoms with E-state index < -0.39 is 0 Å². The normalized spacial score (nSPS) is 18.8. The number of nitrogens with zero attached hydrogens (tertiary/aromatic N) is 4. The van der Waals surface area contributed by atoms with Crippen LogP contribution in [0.3, 0.4) is 0 Å². The standard InChI is InChI=1S/C28H24N4/c1-2-8-20-16-24-23(15-19(20)7-1)29-11-5-13-31-25-17-21-9-3-4-10-22(21)18-26(25)32-14-6-12-30(24)27(29)28(31)32/h1-4,7-10,15-18H,5-6,11-14H2. The Labute approximate surface area is 187 Å². The van der Waals surface area contributed by atoms with E-state index >= 15 is 0 Å². The highest BCUT2D eigenvalue weighted by molar-refractivity contribution is 6.00. The van der Waals surface area contributed by atoms with Crippen LogP contribution in [0.1, 0.15) is 12.8 Å². The molecule has 0 atom stereocenters. The van der Waals surface area contributed by atoms with Crippen molar-refractivity contribution in [3.05, 3.63) is 84.4 Å². The molecule has 4 heteroatoms. The number of fused-ring (bicyclic) bond motifs is 8. The molecule has 0 fully saturated rings. The van der Waals surface area contributed by atoms with E-state index in [4.69, 9.17) is 0 Å². The lowest BCUT2D eigenvalue weighted by molar-refractivity contribution is 0.772. The van der Waals surface area contributed by atoms with Crippen LogP contribution in [0.15, 0.2) is 84.4 Å². The van der Waals surface area contributed by atoms with Gasteiger partial charge in [0.05, 0.1) is 22.7 Å². The van der Waals surface area contributed by atoms with Crippen LogP contribution in [0.4, 0.5) is 22.7 Å². The maximum Gasteiger partial charge on any atom is 0.156 e. The third-order valence-electron chi connectivity index (χ3n) is 7.60. The van der Waals surface area contributed by atoms with Gasteiger partial charge in [-0.2, -0.15) is 0 Å². The fourth-order valence-corrected chi connectivity index (χ4v) is 6.21. The van der Waals surface area contributed by atoms with Crippen LogP contribution >= 0.6 is 0 Å². The summed E-state index contributed by atoms with van der Waals surface area (Å²) in [5.41, 5.74) is 5.49.